The Balaban J connectivity index is 1.86. The SMILES string of the molecule is COc1ccccc1[C@@H](NC(=O)N1CCC(C)CC1)c1ccccn1. The van der Waals surface area contributed by atoms with Gasteiger partial charge in [0.1, 0.15) is 11.8 Å². The van der Waals surface area contributed by atoms with Gasteiger partial charge in [-0.1, -0.05) is 31.2 Å². The Bertz CT molecular complexity index is 697. The average molecular weight is 339 g/mol. The summed E-state index contributed by atoms with van der Waals surface area (Å²) in [5.41, 5.74) is 1.70. The number of hydrogen-bond acceptors (Lipinski definition) is 3. The molecule has 132 valence electrons. The van der Waals surface area contributed by atoms with E-state index in [4.69, 9.17) is 4.74 Å². The lowest BCUT2D eigenvalue weighted by Gasteiger charge is -2.32. The summed E-state index contributed by atoms with van der Waals surface area (Å²) in [6, 6.07) is 13.1. The molecule has 1 aromatic heterocycles. The van der Waals surface area contributed by atoms with Crippen LogP contribution in [0, 0.1) is 5.92 Å². The molecule has 0 radical (unpaired) electrons. The number of methoxy groups -OCH3 is 1. The number of carbonyl (C=O) groups is 1. The summed E-state index contributed by atoms with van der Waals surface area (Å²) >= 11 is 0. The Kier molecular flexibility index (Phi) is 5.53. The monoisotopic (exact) mass is 339 g/mol. The van der Waals surface area contributed by atoms with Crippen LogP contribution in [0.5, 0.6) is 5.75 Å². The zero-order valence-corrected chi connectivity index (χ0v) is 14.8. The lowest BCUT2D eigenvalue weighted by atomic mass is 9.99. The van der Waals surface area contributed by atoms with Crippen molar-refractivity contribution in [2.24, 2.45) is 5.92 Å². The lowest BCUT2D eigenvalue weighted by Crippen LogP contribution is -2.45. The van der Waals surface area contributed by atoms with Gasteiger partial charge in [-0.05, 0) is 37.0 Å². The lowest BCUT2D eigenvalue weighted by molar-refractivity contribution is 0.171. The van der Waals surface area contributed by atoms with Crippen molar-refractivity contribution >= 4 is 6.03 Å². The molecule has 0 saturated carbocycles. The van der Waals surface area contributed by atoms with Crippen molar-refractivity contribution in [2.75, 3.05) is 20.2 Å². The zero-order chi connectivity index (χ0) is 17.6. The van der Waals surface area contributed by atoms with Gasteiger partial charge in [-0.25, -0.2) is 4.79 Å². The zero-order valence-electron chi connectivity index (χ0n) is 14.8. The summed E-state index contributed by atoms with van der Waals surface area (Å²) in [4.78, 5) is 19.2. The number of pyridine rings is 1. The Morgan fingerprint density at radius 3 is 2.60 bits per heavy atom. The number of urea groups is 1. The van der Waals surface area contributed by atoms with E-state index in [0.717, 1.165) is 42.9 Å². The maximum atomic E-state index is 12.8. The summed E-state index contributed by atoms with van der Waals surface area (Å²) in [5, 5.41) is 3.15. The van der Waals surface area contributed by atoms with Gasteiger partial charge in [0.15, 0.2) is 0 Å². The van der Waals surface area contributed by atoms with Crippen LogP contribution < -0.4 is 10.1 Å². The topological polar surface area (TPSA) is 54.5 Å². The quantitative estimate of drug-likeness (QED) is 0.925. The molecule has 5 heteroatoms. The van der Waals surface area contributed by atoms with Gasteiger partial charge in [0, 0.05) is 24.8 Å². The van der Waals surface area contributed by atoms with Gasteiger partial charge in [-0.15, -0.1) is 0 Å². The molecule has 0 bridgehead atoms. The molecule has 0 spiro atoms. The van der Waals surface area contributed by atoms with Gasteiger partial charge in [0.05, 0.1) is 12.8 Å². The molecule has 1 N–H and O–H groups in total. The third-order valence-electron chi connectivity index (χ3n) is 4.77. The number of aromatic nitrogens is 1. The average Bonchev–Trinajstić information content (AvgIpc) is 2.67. The number of carbonyl (C=O) groups excluding carboxylic acids is 1. The number of hydrogen-bond donors (Lipinski definition) is 1. The molecule has 2 heterocycles. The molecule has 1 aromatic carbocycles. The Morgan fingerprint density at radius 1 is 1.20 bits per heavy atom. The van der Waals surface area contributed by atoms with E-state index in [1.807, 2.05) is 47.4 Å². The summed E-state index contributed by atoms with van der Waals surface area (Å²) in [5.74, 6) is 1.43. The minimum atomic E-state index is -0.343. The van der Waals surface area contributed by atoms with Gasteiger partial charge in [0.25, 0.3) is 0 Å². The molecule has 1 fully saturated rings. The van der Waals surface area contributed by atoms with E-state index in [-0.39, 0.29) is 12.1 Å². The number of rotatable bonds is 4. The van der Waals surface area contributed by atoms with E-state index in [0.29, 0.717) is 5.92 Å². The van der Waals surface area contributed by atoms with Crippen LogP contribution in [0.4, 0.5) is 4.79 Å². The number of ether oxygens (including phenoxy) is 1. The highest BCUT2D eigenvalue weighted by Gasteiger charge is 2.26. The number of nitrogens with zero attached hydrogens (tertiary/aromatic N) is 2. The Hall–Kier alpha value is -2.56. The fraction of sp³-hybridized carbons (Fsp3) is 0.400. The van der Waals surface area contributed by atoms with E-state index < -0.39 is 0 Å². The first-order valence-electron chi connectivity index (χ1n) is 8.78. The van der Waals surface area contributed by atoms with Gasteiger partial charge in [0.2, 0.25) is 0 Å². The normalized spacial score (nSPS) is 16.3. The molecule has 1 aliphatic rings. The fourth-order valence-corrected chi connectivity index (χ4v) is 3.19. The van der Waals surface area contributed by atoms with Crippen LogP contribution >= 0.6 is 0 Å². The Morgan fingerprint density at radius 2 is 1.92 bits per heavy atom. The summed E-state index contributed by atoms with van der Waals surface area (Å²) in [7, 11) is 1.64. The third kappa shape index (κ3) is 4.10. The molecule has 1 saturated heterocycles. The molecular formula is C20H25N3O2. The molecule has 1 aliphatic heterocycles. The van der Waals surface area contributed by atoms with Crippen LogP contribution in [0.25, 0.3) is 0 Å². The van der Waals surface area contributed by atoms with Gasteiger partial charge < -0.3 is 15.0 Å². The standard InChI is InChI=1S/C20H25N3O2/c1-15-10-13-23(14-11-15)20(24)22-19(17-8-5-6-12-21-17)16-7-3-4-9-18(16)25-2/h3-9,12,15,19H,10-11,13-14H2,1-2H3,(H,22,24)/t19-/m1/s1. The van der Waals surface area contributed by atoms with Crippen molar-refractivity contribution in [2.45, 2.75) is 25.8 Å². The first-order chi connectivity index (χ1) is 12.2. The number of likely N-dealkylation sites (tertiary alicyclic amines) is 1. The van der Waals surface area contributed by atoms with E-state index >= 15 is 0 Å². The minimum Gasteiger partial charge on any atom is -0.496 e. The number of nitrogens with one attached hydrogen (secondary N) is 1. The van der Waals surface area contributed by atoms with E-state index in [1.165, 1.54) is 0 Å². The maximum Gasteiger partial charge on any atom is 0.318 e. The molecule has 5 nitrogen and oxygen atoms in total. The number of para-hydroxylation sites is 1. The smallest absolute Gasteiger partial charge is 0.318 e. The van der Waals surface area contributed by atoms with Crippen LogP contribution in [-0.4, -0.2) is 36.1 Å². The second-order valence-electron chi connectivity index (χ2n) is 6.55. The van der Waals surface area contributed by atoms with Crippen LogP contribution in [-0.2, 0) is 0 Å². The van der Waals surface area contributed by atoms with Gasteiger partial charge >= 0.3 is 6.03 Å². The highest BCUT2D eigenvalue weighted by molar-refractivity contribution is 5.75. The van der Waals surface area contributed by atoms with E-state index in [2.05, 4.69) is 17.2 Å². The van der Waals surface area contributed by atoms with Crippen molar-refractivity contribution in [1.29, 1.82) is 0 Å². The first-order valence-corrected chi connectivity index (χ1v) is 8.78. The number of benzene rings is 1. The van der Waals surface area contributed by atoms with Crippen LogP contribution in [0.3, 0.4) is 0 Å². The van der Waals surface area contributed by atoms with Crippen molar-refractivity contribution < 1.29 is 9.53 Å². The molecule has 2 amide bonds. The van der Waals surface area contributed by atoms with Crippen molar-refractivity contribution in [3.05, 3.63) is 59.9 Å². The van der Waals surface area contributed by atoms with E-state index in [9.17, 15) is 4.79 Å². The largest absolute Gasteiger partial charge is 0.496 e. The van der Waals surface area contributed by atoms with Crippen LogP contribution in [0.1, 0.15) is 37.1 Å². The second-order valence-corrected chi connectivity index (χ2v) is 6.55. The molecule has 3 rings (SSSR count). The number of piperidine rings is 1. The number of amides is 2. The highest BCUT2D eigenvalue weighted by atomic mass is 16.5. The molecule has 25 heavy (non-hydrogen) atoms. The van der Waals surface area contributed by atoms with Gasteiger partial charge in [-0.3, -0.25) is 4.98 Å². The molecule has 0 unspecified atom stereocenters. The highest BCUT2D eigenvalue weighted by Crippen LogP contribution is 2.29. The summed E-state index contributed by atoms with van der Waals surface area (Å²) < 4.78 is 5.50. The predicted molar refractivity (Wildman–Crippen MR) is 97.6 cm³/mol. The molecule has 0 aliphatic carbocycles. The molecule has 1 atom stereocenters. The maximum absolute atomic E-state index is 12.8. The Labute approximate surface area is 149 Å². The van der Waals surface area contributed by atoms with Crippen molar-refractivity contribution in [1.82, 2.24) is 15.2 Å². The fourth-order valence-electron chi connectivity index (χ4n) is 3.19. The van der Waals surface area contributed by atoms with Crippen LogP contribution in [0.15, 0.2) is 48.7 Å². The second kappa shape index (κ2) is 8.01. The predicted octanol–water partition coefficient (Wildman–Crippen LogP) is 3.62. The third-order valence-corrected chi connectivity index (χ3v) is 4.77. The van der Waals surface area contributed by atoms with E-state index in [1.54, 1.807) is 13.3 Å². The molecule has 2 aromatic rings. The van der Waals surface area contributed by atoms with Crippen molar-refractivity contribution in [3.8, 4) is 5.75 Å². The summed E-state index contributed by atoms with van der Waals surface area (Å²) in [6.07, 6.45) is 3.85. The van der Waals surface area contributed by atoms with Crippen LogP contribution in [0.2, 0.25) is 0 Å². The van der Waals surface area contributed by atoms with Gasteiger partial charge in [-0.2, -0.15) is 0 Å². The van der Waals surface area contributed by atoms with Crippen molar-refractivity contribution in [3.63, 3.8) is 0 Å². The minimum absolute atomic E-state index is 0.0477. The first kappa shape index (κ1) is 17.3. The molecular weight excluding hydrogens is 314 g/mol. The summed E-state index contributed by atoms with van der Waals surface area (Å²) in [6.45, 7) is 3.84.